The van der Waals surface area contributed by atoms with Crippen molar-refractivity contribution in [3.05, 3.63) is 62.4 Å². The van der Waals surface area contributed by atoms with Gasteiger partial charge in [-0.2, -0.15) is 0 Å². The number of amides is 1. The minimum absolute atomic E-state index is 0.381. The minimum Gasteiger partial charge on any atom is -0.452 e. The molecule has 0 saturated heterocycles. The van der Waals surface area contributed by atoms with Crippen LogP contribution in [0.25, 0.3) is 0 Å². The first-order valence-electron chi connectivity index (χ1n) is 7.25. The number of hydrogen-bond donors (Lipinski definition) is 3. The Hall–Kier alpha value is -3.16. The first kappa shape index (κ1) is 17.2. The largest absolute Gasteiger partial charge is 0.452 e. The maximum Gasteiger partial charge on any atom is 0.345 e. The lowest BCUT2D eigenvalue weighted by molar-refractivity contribution is -0.119. The van der Waals surface area contributed by atoms with Gasteiger partial charge in [-0.3, -0.25) is 14.6 Å². The molecule has 2 aromatic rings. The predicted molar refractivity (Wildman–Crippen MR) is 87.1 cm³/mol. The molecule has 24 heavy (non-hydrogen) atoms. The van der Waals surface area contributed by atoms with E-state index in [1.54, 1.807) is 12.1 Å². The standard InChI is InChI=1S/C16H17N3O5/c1-9(2)10-3-5-11(6-4-10)18-13(20)8-24-15(22)12-7-17-16(23)19-14(12)21/h3-7,9H,8H2,1-2H3,(H,18,20)(H2,17,19,21,23). The Balaban J connectivity index is 1.92. The summed E-state index contributed by atoms with van der Waals surface area (Å²) in [6, 6.07) is 7.29. The first-order chi connectivity index (χ1) is 11.4. The number of hydrogen-bond acceptors (Lipinski definition) is 5. The molecule has 0 saturated carbocycles. The summed E-state index contributed by atoms with van der Waals surface area (Å²) in [5, 5.41) is 2.58. The summed E-state index contributed by atoms with van der Waals surface area (Å²) >= 11 is 0. The summed E-state index contributed by atoms with van der Waals surface area (Å²) < 4.78 is 4.75. The molecule has 1 aromatic carbocycles. The molecule has 126 valence electrons. The predicted octanol–water partition coefficient (Wildman–Crippen LogP) is 0.982. The second-order valence-electron chi connectivity index (χ2n) is 5.39. The van der Waals surface area contributed by atoms with Crippen LogP contribution in [-0.4, -0.2) is 28.5 Å². The summed E-state index contributed by atoms with van der Waals surface area (Å²) in [7, 11) is 0. The lowest BCUT2D eigenvalue weighted by atomic mass is 10.0. The second-order valence-corrected chi connectivity index (χ2v) is 5.39. The van der Waals surface area contributed by atoms with Crippen LogP contribution in [0.5, 0.6) is 0 Å². The molecule has 0 bridgehead atoms. The van der Waals surface area contributed by atoms with Gasteiger partial charge in [0, 0.05) is 11.9 Å². The van der Waals surface area contributed by atoms with Gasteiger partial charge in [0.15, 0.2) is 6.61 Å². The summed E-state index contributed by atoms with van der Waals surface area (Å²) in [5.41, 5.74) is -0.296. The fourth-order valence-electron chi connectivity index (χ4n) is 1.92. The number of aromatic amines is 2. The highest BCUT2D eigenvalue weighted by molar-refractivity contribution is 5.95. The molecule has 2 rings (SSSR count). The first-order valence-corrected chi connectivity index (χ1v) is 7.25. The lowest BCUT2D eigenvalue weighted by Gasteiger charge is -2.08. The minimum atomic E-state index is -1.00. The van der Waals surface area contributed by atoms with Crippen LogP contribution in [0.4, 0.5) is 5.69 Å². The van der Waals surface area contributed by atoms with Gasteiger partial charge >= 0.3 is 11.7 Å². The molecule has 0 aliphatic carbocycles. The fourth-order valence-corrected chi connectivity index (χ4v) is 1.92. The van der Waals surface area contributed by atoms with Gasteiger partial charge in [-0.05, 0) is 23.6 Å². The zero-order chi connectivity index (χ0) is 17.7. The molecule has 1 amide bonds. The molecule has 8 nitrogen and oxygen atoms in total. The molecule has 0 fully saturated rings. The number of aromatic nitrogens is 2. The van der Waals surface area contributed by atoms with Gasteiger partial charge in [-0.25, -0.2) is 9.59 Å². The molecule has 0 spiro atoms. The molecule has 0 aliphatic rings. The molecular formula is C16H17N3O5. The number of rotatable bonds is 5. The van der Waals surface area contributed by atoms with Crippen LogP contribution in [0, 0.1) is 0 Å². The van der Waals surface area contributed by atoms with E-state index in [9.17, 15) is 19.2 Å². The average molecular weight is 331 g/mol. The number of carbonyl (C=O) groups excluding carboxylic acids is 2. The molecule has 1 heterocycles. The maximum atomic E-state index is 11.8. The number of esters is 1. The van der Waals surface area contributed by atoms with Crippen molar-refractivity contribution >= 4 is 17.6 Å². The Labute approximate surface area is 136 Å². The normalized spacial score (nSPS) is 10.5. The number of benzene rings is 1. The maximum absolute atomic E-state index is 11.8. The van der Waals surface area contributed by atoms with Crippen LogP contribution < -0.4 is 16.6 Å². The van der Waals surface area contributed by atoms with E-state index in [0.29, 0.717) is 11.6 Å². The zero-order valence-corrected chi connectivity index (χ0v) is 13.2. The van der Waals surface area contributed by atoms with Crippen molar-refractivity contribution in [1.82, 2.24) is 9.97 Å². The number of nitrogens with one attached hydrogen (secondary N) is 3. The summed E-state index contributed by atoms with van der Waals surface area (Å²) in [5.74, 6) is -1.16. The summed E-state index contributed by atoms with van der Waals surface area (Å²) in [6.07, 6.45) is 0.937. The van der Waals surface area contributed by atoms with E-state index in [2.05, 4.69) is 24.1 Å². The number of ether oxygens (including phenoxy) is 1. The third-order valence-corrected chi connectivity index (χ3v) is 3.23. The summed E-state index contributed by atoms with van der Waals surface area (Å²) in [6.45, 7) is 3.57. The molecule has 3 N–H and O–H groups in total. The second kappa shape index (κ2) is 7.40. The van der Waals surface area contributed by atoms with Gasteiger partial charge in [0.2, 0.25) is 0 Å². The molecule has 0 radical (unpaired) electrons. The molecule has 8 heteroatoms. The topological polar surface area (TPSA) is 121 Å². The van der Waals surface area contributed by atoms with Crippen LogP contribution in [0.15, 0.2) is 40.1 Å². The Bertz CT molecular complexity index is 849. The number of carbonyl (C=O) groups is 2. The lowest BCUT2D eigenvalue weighted by Crippen LogP contribution is -2.29. The van der Waals surface area contributed by atoms with Crippen LogP contribution in [0.1, 0.15) is 35.7 Å². The quantitative estimate of drug-likeness (QED) is 0.705. The molecule has 0 aliphatic heterocycles. The Morgan fingerprint density at radius 3 is 2.42 bits per heavy atom. The van der Waals surface area contributed by atoms with E-state index < -0.39 is 29.7 Å². The third-order valence-electron chi connectivity index (χ3n) is 3.23. The van der Waals surface area contributed by atoms with Crippen LogP contribution >= 0.6 is 0 Å². The highest BCUT2D eigenvalue weighted by Crippen LogP contribution is 2.16. The highest BCUT2D eigenvalue weighted by atomic mass is 16.5. The van der Waals surface area contributed by atoms with Gasteiger partial charge in [-0.1, -0.05) is 26.0 Å². The van der Waals surface area contributed by atoms with Crippen molar-refractivity contribution < 1.29 is 14.3 Å². The van der Waals surface area contributed by atoms with E-state index in [-0.39, 0.29) is 5.56 Å². The van der Waals surface area contributed by atoms with Crippen LogP contribution in [0.2, 0.25) is 0 Å². The number of H-pyrrole nitrogens is 2. The summed E-state index contributed by atoms with van der Waals surface area (Å²) in [4.78, 5) is 49.8. The van der Waals surface area contributed by atoms with E-state index in [1.807, 2.05) is 17.1 Å². The zero-order valence-electron chi connectivity index (χ0n) is 13.2. The Morgan fingerprint density at radius 2 is 1.83 bits per heavy atom. The number of anilines is 1. The van der Waals surface area contributed by atoms with E-state index in [0.717, 1.165) is 11.8 Å². The van der Waals surface area contributed by atoms with Crippen LogP contribution in [-0.2, 0) is 9.53 Å². The van der Waals surface area contributed by atoms with E-state index in [4.69, 9.17) is 4.74 Å². The third kappa shape index (κ3) is 4.42. The van der Waals surface area contributed by atoms with Gasteiger partial charge < -0.3 is 15.0 Å². The van der Waals surface area contributed by atoms with Gasteiger partial charge in [-0.15, -0.1) is 0 Å². The van der Waals surface area contributed by atoms with Crippen molar-refractivity contribution in [2.75, 3.05) is 11.9 Å². The van der Waals surface area contributed by atoms with Gasteiger partial charge in [0.1, 0.15) is 5.56 Å². The molecule has 1 aromatic heterocycles. The Kier molecular flexibility index (Phi) is 5.31. The molecule has 0 atom stereocenters. The smallest absolute Gasteiger partial charge is 0.345 e. The van der Waals surface area contributed by atoms with E-state index in [1.165, 1.54) is 0 Å². The monoisotopic (exact) mass is 331 g/mol. The van der Waals surface area contributed by atoms with Gasteiger partial charge in [0.25, 0.3) is 11.5 Å². The average Bonchev–Trinajstić information content (AvgIpc) is 2.53. The van der Waals surface area contributed by atoms with Crippen molar-refractivity contribution in [2.45, 2.75) is 19.8 Å². The van der Waals surface area contributed by atoms with Crippen molar-refractivity contribution in [2.24, 2.45) is 0 Å². The van der Waals surface area contributed by atoms with Crippen LogP contribution in [0.3, 0.4) is 0 Å². The van der Waals surface area contributed by atoms with Crippen molar-refractivity contribution in [1.29, 1.82) is 0 Å². The molecular weight excluding hydrogens is 314 g/mol. The fraction of sp³-hybridized carbons (Fsp3) is 0.250. The van der Waals surface area contributed by atoms with Crippen molar-refractivity contribution in [3.63, 3.8) is 0 Å². The van der Waals surface area contributed by atoms with E-state index >= 15 is 0 Å². The Morgan fingerprint density at radius 1 is 1.17 bits per heavy atom. The van der Waals surface area contributed by atoms with Gasteiger partial charge in [0.05, 0.1) is 0 Å². The SMILES string of the molecule is CC(C)c1ccc(NC(=O)COC(=O)c2c[nH]c(=O)[nH]c2=O)cc1. The molecule has 0 unspecified atom stereocenters. The highest BCUT2D eigenvalue weighted by Gasteiger charge is 2.14. The van der Waals surface area contributed by atoms with Crippen molar-refractivity contribution in [3.8, 4) is 0 Å².